The Bertz CT molecular complexity index is 164. The lowest BCUT2D eigenvalue weighted by Crippen LogP contribution is -1.91. The number of hydrogen-bond donors (Lipinski definition) is 0. The van der Waals surface area contributed by atoms with Gasteiger partial charge in [0.05, 0.1) is 0 Å². The lowest BCUT2D eigenvalue weighted by atomic mass is 10.0. The van der Waals surface area contributed by atoms with Gasteiger partial charge >= 0.3 is 0 Å². The fourth-order valence-corrected chi connectivity index (χ4v) is 0.486. The molecular formula is C9H13F. The molecule has 56 valence electrons. The van der Waals surface area contributed by atoms with Gasteiger partial charge < -0.3 is 0 Å². The van der Waals surface area contributed by atoms with Crippen LogP contribution in [0.2, 0.25) is 0 Å². The van der Waals surface area contributed by atoms with E-state index in [1.54, 1.807) is 0 Å². The maximum atomic E-state index is 12.7. The summed E-state index contributed by atoms with van der Waals surface area (Å²) in [5.41, 5.74) is 0.528. The van der Waals surface area contributed by atoms with Gasteiger partial charge in [-0.3, -0.25) is 0 Å². The van der Waals surface area contributed by atoms with Crippen molar-refractivity contribution in [2.24, 2.45) is 5.92 Å². The maximum Gasteiger partial charge on any atom is 0.126 e. The van der Waals surface area contributed by atoms with Crippen LogP contribution >= 0.6 is 0 Å². The Balaban J connectivity index is 4.21. The van der Waals surface area contributed by atoms with Gasteiger partial charge in [-0.1, -0.05) is 33.1 Å². The highest BCUT2D eigenvalue weighted by molar-refractivity contribution is 5.26. The molecule has 0 aliphatic rings. The van der Waals surface area contributed by atoms with Crippen LogP contribution in [0.1, 0.15) is 13.8 Å². The number of rotatable bonds is 3. The molecule has 0 heterocycles. The third kappa shape index (κ3) is 2.62. The molecule has 0 nitrogen and oxygen atoms in total. The highest BCUT2D eigenvalue weighted by atomic mass is 19.1. The largest absolute Gasteiger partial charge is 0.207 e. The van der Waals surface area contributed by atoms with Crippen LogP contribution < -0.4 is 0 Å². The highest BCUT2D eigenvalue weighted by Crippen LogP contribution is 2.17. The minimum absolute atomic E-state index is 0.163. The van der Waals surface area contributed by atoms with Crippen molar-refractivity contribution in [2.75, 3.05) is 0 Å². The van der Waals surface area contributed by atoms with Crippen LogP contribution in [0.3, 0.4) is 0 Å². The quantitative estimate of drug-likeness (QED) is 0.528. The van der Waals surface area contributed by atoms with E-state index < -0.39 is 0 Å². The van der Waals surface area contributed by atoms with Crippen molar-refractivity contribution in [3.8, 4) is 0 Å². The smallest absolute Gasteiger partial charge is 0.126 e. The molecule has 0 aromatic carbocycles. The van der Waals surface area contributed by atoms with Crippen LogP contribution in [0.25, 0.3) is 0 Å². The van der Waals surface area contributed by atoms with E-state index in [4.69, 9.17) is 0 Å². The summed E-state index contributed by atoms with van der Waals surface area (Å²) in [4.78, 5) is 0. The zero-order chi connectivity index (χ0) is 8.15. The van der Waals surface area contributed by atoms with Crippen LogP contribution in [0.4, 0.5) is 4.39 Å². The molecule has 0 saturated carbocycles. The summed E-state index contributed by atoms with van der Waals surface area (Å²) in [6, 6.07) is 0. The summed E-state index contributed by atoms with van der Waals surface area (Å²) in [7, 11) is 0. The molecule has 10 heavy (non-hydrogen) atoms. The number of hydrogen-bond acceptors (Lipinski definition) is 0. The molecule has 0 atom stereocenters. The third-order valence-corrected chi connectivity index (χ3v) is 1.27. The fourth-order valence-electron chi connectivity index (χ4n) is 0.486. The summed E-state index contributed by atoms with van der Waals surface area (Å²) >= 11 is 0. The van der Waals surface area contributed by atoms with Gasteiger partial charge in [-0.15, -0.1) is 0 Å². The summed E-state index contributed by atoms with van der Waals surface area (Å²) < 4.78 is 12.7. The third-order valence-electron chi connectivity index (χ3n) is 1.27. The molecule has 0 fully saturated rings. The van der Waals surface area contributed by atoms with E-state index >= 15 is 0 Å². The molecule has 0 aliphatic carbocycles. The average molecular weight is 140 g/mol. The van der Waals surface area contributed by atoms with E-state index in [0.717, 1.165) is 0 Å². The molecule has 0 aromatic heterocycles. The second kappa shape index (κ2) is 4.04. The Hall–Kier alpha value is -0.850. The molecule has 0 saturated heterocycles. The van der Waals surface area contributed by atoms with Gasteiger partial charge in [0.1, 0.15) is 5.83 Å². The van der Waals surface area contributed by atoms with Crippen LogP contribution in [0.5, 0.6) is 0 Å². The van der Waals surface area contributed by atoms with Gasteiger partial charge in [0, 0.05) is 0 Å². The van der Waals surface area contributed by atoms with E-state index in [9.17, 15) is 4.39 Å². The van der Waals surface area contributed by atoms with Crippen molar-refractivity contribution in [3.05, 3.63) is 36.7 Å². The van der Waals surface area contributed by atoms with Crippen LogP contribution in [-0.2, 0) is 0 Å². The first-order chi connectivity index (χ1) is 4.59. The molecule has 0 spiro atoms. The van der Waals surface area contributed by atoms with Gasteiger partial charge in [0.2, 0.25) is 0 Å². The van der Waals surface area contributed by atoms with Crippen LogP contribution in [0.15, 0.2) is 36.7 Å². The predicted octanol–water partition coefficient (Wildman–Crippen LogP) is 3.24. The molecule has 0 rings (SSSR count). The molecular weight excluding hydrogens is 127 g/mol. The SMILES string of the molecule is C=C/C=C(/F)C(=C)C(C)C. The molecule has 0 amide bonds. The molecule has 0 radical (unpaired) electrons. The molecule has 0 aromatic rings. The molecule has 0 aliphatic heterocycles. The van der Waals surface area contributed by atoms with Crippen molar-refractivity contribution in [1.82, 2.24) is 0 Å². The second-order valence-electron chi connectivity index (χ2n) is 2.43. The molecule has 0 N–H and O–H groups in total. The Morgan fingerprint density at radius 3 is 2.30 bits per heavy atom. The maximum absolute atomic E-state index is 12.7. The van der Waals surface area contributed by atoms with Gasteiger partial charge in [0.15, 0.2) is 0 Å². The Labute approximate surface area is 61.8 Å². The first-order valence-corrected chi connectivity index (χ1v) is 3.27. The van der Waals surface area contributed by atoms with Crippen molar-refractivity contribution < 1.29 is 4.39 Å². The predicted molar refractivity (Wildman–Crippen MR) is 43.4 cm³/mol. The first kappa shape index (κ1) is 9.15. The Kier molecular flexibility index (Phi) is 3.70. The average Bonchev–Trinajstić information content (AvgIpc) is 1.87. The highest BCUT2D eigenvalue weighted by Gasteiger charge is 2.03. The molecule has 1 heteroatoms. The van der Waals surface area contributed by atoms with E-state index in [-0.39, 0.29) is 11.7 Å². The lowest BCUT2D eigenvalue weighted by molar-refractivity contribution is 0.610. The Morgan fingerprint density at radius 1 is 1.50 bits per heavy atom. The molecule has 0 unspecified atom stereocenters. The van der Waals surface area contributed by atoms with E-state index in [2.05, 4.69) is 13.2 Å². The summed E-state index contributed by atoms with van der Waals surface area (Å²) in [6.45, 7) is 10.8. The van der Waals surface area contributed by atoms with Gasteiger partial charge in [-0.2, -0.15) is 0 Å². The number of halogens is 1. The zero-order valence-electron chi connectivity index (χ0n) is 6.52. The fraction of sp³-hybridized carbons (Fsp3) is 0.333. The van der Waals surface area contributed by atoms with Gasteiger partial charge in [-0.05, 0) is 17.6 Å². The van der Waals surface area contributed by atoms with Gasteiger partial charge in [-0.25, -0.2) is 4.39 Å². The van der Waals surface area contributed by atoms with E-state index in [1.165, 1.54) is 12.2 Å². The van der Waals surface area contributed by atoms with E-state index in [1.807, 2.05) is 13.8 Å². The Morgan fingerprint density at radius 2 is 2.00 bits per heavy atom. The van der Waals surface area contributed by atoms with Crippen molar-refractivity contribution in [3.63, 3.8) is 0 Å². The molecule has 0 bridgehead atoms. The van der Waals surface area contributed by atoms with Crippen LogP contribution in [-0.4, -0.2) is 0 Å². The summed E-state index contributed by atoms with van der Waals surface area (Å²) in [5.74, 6) is -0.110. The number of allylic oxidation sites excluding steroid dienone is 4. The van der Waals surface area contributed by atoms with Crippen molar-refractivity contribution >= 4 is 0 Å². The topological polar surface area (TPSA) is 0 Å². The van der Waals surface area contributed by atoms with Crippen molar-refractivity contribution in [2.45, 2.75) is 13.8 Å². The van der Waals surface area contributed by atoms with Crippen molar-refractivity contribution in [1.29, 1.82) is 0 Å². The minimum Gasteiger partial charge on any atom is -0.207 e. The summed E-state index contributed by atoms with van der Waals surface area (Å²) in [6.07, 6.45) is 2.74. The minimum atomic E-state index is -0.273. The monoisotopic (exact) mass is 140 g/mol. The first-order valence-electron chi connectivity index (χ1n) is 3.27. The zero-order valence-corrected chi connectivity index (χ0v) is 6.52. The van der Waals surface area contributed by atoms with Crippen LogP contribution in [0, 0.1) is 5.92 Å². The summed E-state index contributed by atoms with van der Waals surface area (Å²) in [5, 5.41) is 0. The lowest BCUT2D eigenvalue weighted by Gasteiger charge is -2.04. The normalized spacial score (nSPS) is 11.8. The van der Waals surface area contributed by atoms with E-state index in [0.29, 0.717) is 5.57 Å². The standard InChI is InChI=1S/C9H13F/c1-5-6-9(10)8(4)7(2)3/h5-7H,1,4H2,2-3H3/b9-6+. The van der Waals surface area contributed by atoms with Gasteiger partial charge in [0.25, 0.3) is 0 Å². The second-order valence-corrected chi connectivity index (χ2v) is 2.43.